The molecule has 38 heavy (non-hydrogen) atoms. The van der Waals surface area contributed by atoms with E-state index < -0.39 is 28.2 Å². The number of anilines is 1. The number of nitrogens with zero attached hydrogens (tertiary/aromatic N) is 2. The minimum absolute atomic E-state index is 0.00365. The molecule has 0 radical (unpaired) electrons. The normalized spacial score (nSPS) is 11.3. The van der Waals surface area contributed by atoms with Crippen LogP contribution in [0.1, 0.15) is 37.5 Å². The number of nitrogens with one attached hydrogen (secondary N) is 1. The van der Waals surface area contributed by atoms with Gasteiger partial charge in [0, 0.05) is 12.6 Å². The van der Waals surface area contributed by atoms with Crippen molar-refractivity contribution in [2.45, 2.75) is 25.7 Å². The highest BCUT2D eigenvalue weighted by Gasteiger charge is 2.24. The summed E-state index contributed by atoms with van der Waals surface area (Å²) in [4.78, 5) is 38.1. The number of para-hydroxylation sites is 1. The van der Waals surface area contributed by atoms with E-state index in [-0.39, 0.29) is 21.9 Å². The largest absolute Gasteiger partial charge is 0.454 e. The van der Waals surface area contributed by atoms with Gasteiger partial charge in [-0.1, -0.05) is 54.1 Å². The number of hydrogen-bond donors (Lipinski definition) is 1. The number of aromatic nitrogens is 2. The summed E-state index contributed by atoms with van der Waals surface area (Å²) < 4.78 is 37.0. The van der Waals surface area contributed by atoms with Gasteiger partial charge in [0.15, 0.2) is 12.4 Å². The van der Waals surface area contributed by atoms with Crippen molar-refractivity contribution < 1.29 is 22.7 Å². The maximum absolute atomic E-state index is 13.3. The Hall–Kier alpha value is -4.44. The number of Topliss-reactive ketones (excluding diaryl/α,β-unsaturated/α-hetero) is 1. The molecule has 0 amide bonds. The zero-order valence-electron chi connectivity index (χ0n) is 21.4. The number of hydrogen-bond acceptors (Lipinski definition) is 6. The monoisotopic (exact) mass is 533 g/mol. The van der Waals surface area contributed by atoms with Crippen LogP contribution in [0, 0.1) is 20.8 Å². The molecule has 0 fully saturated rings. The molecule has 3 aromatic carbocycles. The van der Waals surface area contributed by atoms with E-state index in [1.165, 1.54) is 22.9 Å². The van der Waals surface area contributed by atoms with Gasteiger partial charge in [-0.2, -0.15) is 0 Å². The Balaban J connectivity index is 1.57. The zero-order chi connectivity index (χ0) is 27.6. The summed E-state index contributed by atoms with van der Waals surface area (Å²) in [5.41, 5.74) is 2.20. The maximum Gasteiger partial charge on any atom is 0.338 e. The Labute approximate surface area is 220 Å². The fourth-order valence-corrected chi connectivity index (χ4v) is 5.04. The summed E-state index contributed by atoms with van der Waals surface area (Å²) in [7, 11) is -2.59. The van der Waals surface area contributed by atoms with E-state index in [4.69, 9.17) is 4.74 Å². The minimum atomic E-state index is -4.25. The molecule has 0 aliphatic heterocycles. The molecular weight excluding hydrogens is 506 g/mol. The summed E-state index contributed by atoms with van der Waals surface area (Å²) in [6, 6.07) is 19.7. The third-order valence-electron chi connectivity index (χ3n) is 6.24. The number of benzene rings is 3. The van der Waals surface area contributed by atoms with E-state index in [9.17, 15) is 22.8 Å². The Bertz CT molecular complexity index is 1690. The van der Waals surface area contributed by atoms with E-state index in [1.807, 2.05) is 13.0 Å². The molecule has 0 unspecified atom stereocenters. The van der Waals surface area contributed by atoms with Gasteiger partial charge in [-0.05, 0) is 50.6 Å². The summed E-state index contributed by atoms with van der Waals surface area (Å²) in [5, 5.41) is 0. The molecule has 4 rings (SSSR count). The summed E-state index contributed by atoms with van der Waals surface area (Å²) in [5.74, 6) is -1.21. The van der Waals surface area contributed by atoms with Crippen molar-refractivity contribution in [1.29, 1.82) is 0 Å². The Morgan fingerprint density at radius 1 is 0.921 bits per heavy atom. The van der Waals surface area contributed by atoms with Crippen LogP contribution in [0.4, 0.5) is 5.69 Å². The van der Waals surface area contributed by atoms with Crippen LogP contribution in [-0.2, 0) is 21.8 Å². The fraction of sp³-hybridized carbons (Fsp3) is 0.179. The van der Waals surface area contributed by atoms with Crippen LogP contribution >= 0.6 is 0 Å². The molecule has 9 nitrogen and oxygen atoms in total. The van der Waals surface area contributed by atoms with Crippen molar-refractivity contribution in [2.75, 3.05) is 11.3 Å². The third kappa shape index (κ3) is 5.30. The lowest BCUT2D eigenvalue weighted by Gasteiger charge is -2.11. The molecule has 10 heteroatoms. The molecule has 1 heterocycles. The lowest BCUT2D eigenvalue weighted by Crippen LogP contribution is -2.23. The Morgan fingerprint density at radius 2 is 1.58 bits per heavy atom. The third-order valence-corrected chi connectivity index (χ3v) is 7.59. The number of aryl methyl sites for hydroxylation is 2. The van der Waals surface area contributed by atoms with Gasteiger partial charge in [-0.25, -0.2) is 17.9 Å². The van der Waals surface area contributed by atoms with Crippen LogP contribution in [0.5, 0.6) is 0 Å². The van der Waals surface area contributed by atoms with Gasteiger partial charge in [0.05, 0.1) is 21.8 Å². The van der Waals surface area contributed by atoms with Crippen molar-refractivity contribution in [3.05, 3.63) is 111 Å². The highest BCUT2D eigenvalue weighted by Crippen LogP contribution is 2.21. The highest BCUT2D eigenvalue weighted by molar-refractivity contribution is 7.92. The number of esters is 1. The predicted molar refractivity (Wildman–Crippen MR) is 144 cm³/mol. The second-order valence-corrected chi connectivity index (χ2v) is 10.6. The van der Waals surface area contributed by atoms with Crippen LogP contribution in [0.2, 0.25) is 0 Å². The van der Waals surface area contributed by atoms with E-state index in [2.05, 4.69) is 4.72 Å². The van der Waals surface area contributed by atoms with Crippen LogP contribution in [0.3, 0.4) is 0 Å². The standard InChI is InChI=1S/C28H27N3O6S/c1-18-10-13-21(14-11-18)25(32)17-37-28(34)24-16-23(15-12-19(24)2)38(35,36)29-26-20(3)30(4)31(27(26)33)22-8-6-5-7-9-22/h5-16,29H,17H2,1-4H3. The first-order chi connectivity index (χ1) is 18.0. The van der Waals surface area contributed by atoms with Crippen LogP contribution in [-0.4, -0.2) is 36.1 Å². The predicted octanol–water partition coefficient (Wildman–Crippen LogP) is 3.94. The number of sulfonamides is 1. The smallest absolute Gasteiger partial charge is 0.338 e. The molecule has 0 saturated heterocycles. The van der Waals surface area contributed by atoms with Gasteiger partial charge >= 0.3 is 5.97 Å². The molecule has 4 aromatic rings. The van der Waals surface area contributed by atoms with E-state index >= 15 is 0 Å². The van der Waals surface area contributed by atoms with Gasteiger partial charge < -0.3 is 4.74 Å². The second kappa shape index (κ2) is 10.5. The van der Waals surface area contributed by atoms with Crippen molar-refractivity contribution >= 4 is 27.5 Å². The van der Waals surface area contributed by atoms with Crippen LogP contribution in [0.15, 0.2) is 82.5 Å². The number of ketones is 1. The number of rotatable bonds is 8. The quantitative estimate of drug-likeness (QED) is 0.271. The SMILES string of the molecule is Cc1ccc(C(=O)COC(=O)c2cc(S(=O)(=O)Nc3c(C)n(C)n(-c4ccccc4)c3=O)ccc2C)cc1. The van der Waals surface area contributed by atoms with Crippen LogP contribution in [0.25, 0.3) is 5.69 Å². The van der Waals surface area contributed by atoms with Crippen molar-refractivity contribution in [2.24, 2.45) is 7.05 Å². The molecule has 0 spiro atoms. The Morgan fingerprint density at radius 3 is 2.24 bits per heavy atom. The average molecular weight is 534 g/mol. The first kappa shape index (κ1) is 26.6. The lowest BCUT2D eigenvalue weighted by atomic mass is 10.1. The number of carbonyl (C=O) groups is 2. The zero-order valence-corrected chi connectivity index (χ0v) is 22.2. The number of ether oxygens (including phenoxy) is 1. The molecule has 1 aromatic heterocycles. The first-order valence-electron chi connectivity index (χ1n) is 11.7. The van der Waals surface area contributed by atoms with Gasteiger partial charge in [0.25, 0.3) is 15.6 Å². The lowest BCUT2D eigenvalue weighted by molar-refractivity contribution is 0.0473. The molecular formula is C28H27N3O6S. The van der Waals surface area contributed by atoms with Gasteiger partial charge in [-0.3, -0.25) is 19.0 Å². The molecule has 0 bridgehead atoms. The summed E-state index contributed by atoms with van der Waals surface area (Å²) >= 11 is 0. The molecule has 0 aliphatic carbocycles. The van der Waals surface area contributed by atoms with Crippen LogP contribution < -0.4 is 10.3 Å². The highest BCUT2D eigenvalue weighted by atomic mass is 32.2. The van der Waals surface area contributed by atoms with E-state index in [1.54, 1.807) is 74.1 Å². The van der Waals surface area contributed by atoms with Gasteiger partial charge in [0.2, 0.25) is 0 Å². The maximum atomic E-state index is 13.3. The van der Waals surface area contributed by atoms with E-state index in [0.717, 1.165) is 5.56 Å². The fourth-order valence-electron chi connectivity index (χ4n) is 3.90. The molecule has 1 N–H and O–H groups in total. The Kier molecular flexibility index (Phi) is 7.36. The summed E-state index contributed by atoms with van der Waals surface area (Å²) in [6.07, 6.45) is 0. The van der Waals surface area contributed by atoms with Gasteiger partial charge in [-0.15, -0.1) is 0 Å². The van der Waals surface area contributed by atoms with Gasteiger partial charge in [0.1, 0.15) is 5.69 Å². The average Bonchev–Trinajstić information content (AvgIpc) is 3.10. The minimum Gasteiger partial charge on any atom is -0.454 e. The molecule has 0 saturated carbocycles. The van der Waals surface area contributed by atoms with Crippen molar-refractivity contribution in [3.8, 4) is 5.69 Å². The van der Waals surface area contributed by atoms with Crippen molar-refractivity contribution in [3.63, 3.8) is 0 Å². The molecule has 196 valence electrons. The van der Waals surface area contributed by atoms with Crippen molar-refractivity contribution in [1.82, 2.24) is 9.36 Å². The first-order valence-corrected chi connectivity index (χ1v) is 13.2. The second-order valence-electron chi connectivity index (χ2n) is 8.88. The molecule has 0 atom stereocenters. The molecule has 0 aliphatic rings. The topological polar surface area (TPSA) is 116 Å². The number of carbonyl (C=O) groups excluding carboxylic acids is 2. The van der Waals surface area contributed by atoms with E-state index in [0.29, 0.717) is 22.5 Å². The summed E-state index contributed by atoms with van der Waals surface area (Å²) in [6.45, 7) is 4.66.